The van der Waals surface area contributed by atoms with Gasteiger partial charge in [0.05, 0.1) is 20.8 Å². The van der Waals surface area contributed by atoms with Crippen molar-refractivity contribution in [1.82, 2.24) is 15.5 Å². The Balaban J connectivity index is 0.00000450. The predicted octanol–water partition coefficient (Wildman–Crippen LogP) is 3.17. The van der Waals surface area contributed by atoms with E-state index in [1.807, 2.05) is 13.0 Å². The Bertz CT molecular complexity index is 645. The fraction of sp³-hybridized carbons (Fsp3) is 0.682. The number of ether oxygens (including phenoxy) is 2. The zero-order valence-corrected chi connectivity index (χ0v) is 21.1. The summed E-state index contributed by atoms with van der Waals surface area (Å²) >= 11 is 0. The van der Waals surface area contributed by atoms with Crippen LogP contribution in [0.3, 0.4) is 0 Å². The highest BCUT2D eigenvalue weighted by atomic mass is 127. The number of nitrogens with one attached hydrogen (secondary N) is 2. The first-order valence-electron chi connectivity index (χ1n) is 10.7. The van der Waals surface area contributed by atoms with Gasteiger partial charge in [-0.05, 0) is 57.9 Å². The highest BCUT2D eigenvalue weighted by Gasteiger charge is 2.17. The Kier molecular flexibility index (Phi) is 13.1. The maximum atomic E-state index is 10.6. The van der Waals surface area contributed by atoms with Gasteiger partial charge in [-0.25, -0.2) is 0 Å². The van der Waals surface area contributed by atoms with E-state index in [1.165, 1.54) is 25.8 Å². The van der Waals surface area contributed by atoms with E-state index in [0.29, 0.717) is 23.1 Å². The van der Waals surface area contributed by atoms with E-state index in [4.69, 9.17) is 9.47 Å². The van der Waals surface area contributed by atoms with E-state index < -0.39 is 6.10 Å². The molecule has 0 bridgehead atoms. The molecular weight excluding hydrogens is 495 g/mol. The molecule has 7 nitrogen and oxygen atoms in total. The summed E-state index contributed by atoms with van der Waals surface area (Å²) in [4.78, 5) is 7.13. The Morgan fingerprint density at radius 2 is 2.07 bits per heavy atom. The molecule has 1 saturated heterocycles. The van der Waals surface area contributed by atoms with Gasteiger partial charge >= 0.3 is 0 Å². The molecular formula is C22H39IN4O3. The molecule has 8 heteroatoms. The van der Waals surface area contributed by atoms with E-state index in [-0.39, 0.29) is 30.5 Å². The average Bonchev–Trinajstić information content (AvgIpc) is 2.75. The first-order chi connectivity index (χ1) is 14.1. The molecule has 2 atom stereocenters. The molecule has 0 radical (unpaired) electrons. The molecule has 1 aliphatic rings. The molecule has 2 rings (SSSR count). The van der Waals surface area contributed by atoms with Crippen LogP contribution in [0.1, 0.15) is 51.2 Å². The number of halogens is 1. The van der Waals surface area contributed by atoms with E-state index in [1.54, 1.807) is 26.4 Å². The minimum Gasteiger partial charge on any atom is -0.497 e. The fourth-order valence-corrected chi connectivity index (χ4v) is 3.70. The summed E-state index contributed by atoms with van der Waals surface area (Å²) in [7, 11) is 3.20. The third-order valence-corrected chi connectivity index (χ3v) is 5.42. The van der Waals surface area contributed by atoms with Gasteiger partial charge in [0.15, 0.2) is 5.96 Å². The van der Waals surface area contributed by atoms with Gasteiger partial charge in [0.25, 0.3) is 0 Å². The maximum absolute atomic E-state index is 10.6. The van der Waals surface area contributed by atoms with Gasteiger partial charge in [-0.2, -0.15) is 0 Å². The minimum absolute atomic E-state index is 0. The largest absolute Gasteiger partial charge is 0.497 e. The van der Waals surface area contributed by atoms with Crippen molar-refractivity contribution in [2.24, 2.45) is 4.99 Å². The average molecular weight is 534 g/mol. The number of hydrogen-bond acceptors (Lipinski definition) is 5. The number of aliphatic hydroxyl groups excluding tert-OH is 1. The van der Waals surface area contributed by atoms with Crippen molar-refractivity contribution in [3.8, 4) is 11.5 Å². The van der Waals surface area contributed by atoms with Crippen molar-refractivity contribution < 1.29 is 14.6 Å². The zero-order valence-electron chi connectivity index (χ0n) is 18.8. The van der Waals surface area contributed by atoms with E-state index in [9.17, 15) is 5.11 Å². The second-order valence-corrected chi connectivity index (χ2v) is 7.50. The van der Waals surface area contributed by atoms with Crippen LogP contribution in [0.5, 0.6) is 11.5 Å². The Morgan fingerprint density at radius 3 is 2.73 bits per heavy atom. The van der Waals surface area contributed by atoms with Gasteiger partial charge in [0.1, 0.15) is 17.6 Å². The summed E-state index contributed by atoms with van der Waals surface area (Å²) in [5.74, 6) is 2.03. The zero-order chi connectivity index (χ0) is 21.1. The highest BCUT2D eigenvalue weighted by molar-refractivity contribution is 14.0. The molecule has 0 aromatic heterocycles. The highest BCUT2D eigenvalue weighted by Crippen LogP contribution is 2.29. The molecule has 0 spiro atoms. The summed E-state index contributed by atoms with van der Waals surface area (Å²) in [6, 6.07) is 6.09. The molecule has 3 N–H and O–H groups in total. The lowest BCUT2D eigenvalue weighted by Gasteiger charge is -2.33. The van der Waals surface area contributed by atoms with Gasteiger partial charge in [-0.3, -0.25) is 4.99 Å². The Morgan fingerprint density at radius 1 is 1.27 bits per heavy atom. The van der Waals surface area contributed by atoms with Crippen LogP contribution in [-0.4, -0.2) is 69.0 Å². The lowest BCUT2D eigenvalue weighted by atomic mass is 10.0. The normalized spacial score (nSPS) is 18.3. The number of hydrogen-bond donors (Lipinski definition) is 3. The number of piperidine rings is 1. The summed E-state index contributed by atoms with van der Waals surface area (Å²) in [6.45, 7) is 8.55. The molecule has 0 saturated carbocycles. The third kappa shape index (κ3) is 8.47. The number of aliphatic hydroxyl groups is 1. The van der Waals surface area contributed by atoms with Crippen LogP contribution in [0, 0.1) is 0 Å². The Hall–Kier alpha value is -1.26. The number of guanidine groups is 1. The molecule has 1 aromatic rings. The monoisotopic (exact) mass is 534 g/mol. The van der Waals surface area contributed by atoms with Crippen molar-refractivity contribution in [2.45, 2.75) is 51.7 Å². The lowest BCUT2D eigenvalue weighted by Crippen LogP contribution is -2.41. The van der Waals surface area contributed by atoms with Crippen LogP contribution in [-0.2, 0) is 0 Å². The van der Waals surface area contributed by atoms with Crippen LogP contribution >= 0.6 is 24.0 Å². The molecule has 0 amide bonds. The van der Waals surface area contributed by atoms with Crippen molar-refractivity contribution in [3.63, 3.8) is 0 Å². The molecule has 2 unspecified atom stereocenters. The second-order valence-electron chi connectivity index (χ2n) is 7.50. The molecule has 1 heterocycles. The molecule has 172 valence electrons. The van der Waals surface area contributed by atoms with Crippen molar-refractivity contribution in [3.05, 3.63) is 23.8 Å². The number of benzene rings is 1. The molecule has 1 aliphatic heterocycles. The Labute approximate surface area is 198 Å². The third-order valence-electron chi connectivity index (χ3n) is 5.42. The maximum Gasteiger partial charge on any atom is 0.191 e. The number of rotatable bonds is 10. The summed E-state index contributed by atoms with van der Waals surface area (Å²) in [6.07, 6.45) is 4.27. The fourth-order valence-electron chi connectivity index (χ4n) is 3.70. The first-order valence-corrected chi connectivity index (χ1v) is 10.7. The van der Waals surface area contributed by atoms with Crippen LogP contribution < -0.4 is 20.1 Å². The molecule has 30 heavy (non-hydrogen) atoms. The van der Waals surface area contributed by atoms with Gasteiger partial charge in [0, 0.05) is 31.2 Å². The van der Waals surface area contributed by atoms with Gasteiger partial charge in [-0.15, -0.1) is 24.0 Å². The number of likely N-dealkylation sites (tertiary alicyclic amines) is 1. The molecule has 0 aliphatic carbocycles. The number of nitrogens with zero attached hydrogens (tertiary/aromatic N) is 2. The van der Waals surface area contributed by atoms with Crippen molar-refractivity contribution in [1.29, 1.82) is 0 Å². The van der Waals surface area contributed by atoms with Gasteiger partial charge in [0.2, 0.25) is 0 Å². The summed E-state index contributed by atoms with van der Waals surface area (Å²) in [5, 5.41) is 17.3. The topological polar surface area (TPSA) is 78.4 Å². The van der Waals surface area contributed by atoms with Gasteiger partial charge < -0.3 is 30.1 Å². The standard InChI is InChI=1S/C22H38N4O3.HI/c1-5-23-22(24-12-8-14-26-13-7-6-9-17(26)2)25-16-20(27)19-15-18(28-3)10-11-21(19)29-4;/h10-11,15,17,20,27H,5-9,12-14,16H2,1-4H3,(H2,23,24,25);1H. The van der Waals surface area contributed by atoms with Crippen LogP contribution in [0.4, 0.5) is 0 Å². The van der Waals surface area contributed by atoms with E-state index in [0.717, 1.165) is 32.0 Å². The lowest BCUT2D eigenvalue weighted by molar-refractivity contribution is 0.159. The minimum atomic E-state index is -0.773. The van der Waals surface area contributed by atoms with Crippen LogP contribution in [0.2, 0.25) is 0 Å². The SMILES string of the molecule is CCNC(=NCC(O)c1cc(OC)ccc1OC)NCCCN1CCCCC1C.I. The van der Waals surface area contributed by atoms with Crippen molar-refractivity contribution in [2.75, 3.05) is 46.9 Å². The van der Waals surface area contributed by atoms with E-state index >= 15 is 0 Å². The molecule has 1 fully saturated rings. The van der Waals surface area contributed by atoms with E-state index in [2.05, 4.69) is 27.4 Å². The van der Waals surface area contributed by atoms with Crippen LogP contribution in [0.15, 0.2) is 23.2 Å². The second kappa shape index (κ2) is 14.7. The predicted molar refractivity (Wildman–Crippen MR) is 133 cm³/mol. The number of methoxy groups -OCH3 is 2. The summed E-state index contributed by atoms with van der Waals surface area (Å²) < 4.78 is 10.6. The first kappa shape index (κ1) is 26.8. The van der Waals surface area contributed by atoms with Crippen molar-refractivity contribution >= 4 is 29.9 Å². The van der Waals surface area contributed by atoms with Crippen LogP contribution in [0.25, 0.3) is 0 Å². The number of aliphatic imine (C=N–C) groups is 1. The summed E-state index contributed by atoms with van der Waals surface area (Å²) in [5.41, 5.74) is 0.672. The molecule has 1 aromatic carbocycles. The quantitative estimate of drug-likeness (QED) is 0.185. The van der Waals surface area contributed by atoms with Gasteiger partial charge in [-0.1, -0.05) is 6.42 Å². The smallest absolute Gasteiger partial charge is 0.191 e.